The van der Waals surface area contributed by atoms with E-state index in [1.807, 2.05) is 0 Å². The van der Waals surface area contributed by atoms with Crippen LogP contribution in [0, 0.1) is 11.8 Å². The van der Waals surface area contributed by atoms with Gasteiger partial charge in [0.05, 0.1) is 0 Å². The highest BCUT2D eigenvalue weighted by Crippen LogP contribution is 2.33. The minimum Gasteiger partial charge on any atom is -0.201 e. The highest BCUT2D eigenvalue weighted by Gasteiger charge is 2.39. The van der Waals surface area contributed by atoms with E-state index in [1.54, 1.807) is 0 Å². The van der Waals surface area contributed by atoms with Crippen LogP contribution in [-0.2, 0) is 0 Å². The second-order valence-corrected chi connectivity index (χ2v) is 2.52. The Morgan fingerprint density at radius 1 is 0.667 bits per heavy atom. The molecule has 0 saturated heterocycles. The van der Waals surface area contributed by atoms with Gasteiger partial charge in [-0.3, -0.25) is 0 Å². The van der Waals surface area contributed by atoms with Gasteiger partial charge in [0.15, 0.2) is 0 Å². The Bertz CT molecular complexity index is 437. The third kappa shape index (κ3) is 4.68. The summed E-state index contributed by atoms with van der Waals surface area (Å²) in [5.41, 5.74) is 0. The third-order valence-corrected chi connectivity index (χ3v) is 1.19. The number of allylic oxidation sites excluding steroid dienone is 3. The molecule has 0 unspecified atom stereocenters. The van der Waals surface area contributed by atoms with Crippen LogP contribution in [0.3, 0.4) is 0 Å². The van der Waals surface area contributed by atoms with E-state index in [0.29, 0.717) is 0 Å². The van der Waals surface area contributed by atoms with Gasteiger partial charge in [-0.25, -0.2) is 8.78 Å². The summed E-state index contributed by atoms with van der Waals surface area (Å²) in [5.74, 6) is -15.6. The van der Waals surface area contributed by atoms with Crippen molar-refractivity contribution in [1.29, 1.82) is 0 Å². The smallest absolute Gasteiger partial charge is 0.201 e. The number of alkyl halides is 5. The molecule has 0 fully saturated rings. The fourth-order valence-electron chi connectivity index (χ4n) is 0.521. The molecule has 0 aromatic heterocycles. The highest BCUT2D eigenvalue weighted by atomic mass is 19.4. The molecule has 0 spiro atoms. The summed E-state index contributed by atoms with van der Waals surface area (Å²) in [6, 6.07) is 0. The SMILES string of the molecule is FC(F)=C(F)C(F)=C(F)C(F)(F)C#CC(F)(F)F. The van der Waals surface area contributed by atoms with Gasteiger partial charge < -0.3 is 0 Å². The molecule has 0 aromatic rings. The van der Waals surface area contributed by atoms with E-state index in [-0.39, 0.29) is 11.8 Å². The molecule has 0 bridgehead atoms. The first kappa shape index (κ1) is 16.3. The van der Waals surface area contributed by atoms with Crippen LogP contribution in [-0.4, -0.2) is 12.1 Å². The first-order chi connectivity index (χ1) is 7.88. The van der Waals surface area contributed by atoms with Crippen molar-refractivity contribution in [3.05, 3.63) is 23.6 Å². The first-order valence-corrected chi connectivity index (χ1v) is 3.64. The Balaban J connectivity index is 5.56. The maximum Gasteiger partial charge on any atom is 0.457 e. The minimum absolute atomic E-state index is 0.0419. The van der Waals surface area contributed by atoms with Crippen molar-refractivity contribution in [2.75, 3.05) is 0 Å². The number of rotatable bonds is 2. The lowest BCUT2D eigenvalue weighted by Gasteiger charge is -2.07. The van der Waals surface area contributed by atoms with Gasteiger partial charge in [-0.2, -0.15) is 35.1 Å². The average molecular weight is 286 g/mol. The molecule has 0 radical (unpaired) electrons. The van der Waals surface area contributed by atoms with Crippen LogP contribution < -0.4 is 0 Å². The van der Waals surface area contributed by atoms with E-state index >= 15 is 0 Å². The molecule has 102 valence electrons. The third-order valence-electron chi connectivity index (χ3n) is 1.19. The summed E-state index contributed by atoms with van der Waals surface area (Å²) in [4.78, 5) is 0. The topological polar surface area (TPSA) is 0 Å². The van der Waals surface area contributed by atoms with Crippen LogP contribution in [0.4, 0.5) is 43.9 Å². The second kappa shape index (κ2) is 5.32. The van der Waals surface area contributed by atoms with E-state index in [1.165, 1.54) is 0 Å². The maximum absolute atomic E-state index is 12.4. The zero-order valence-electron chi connectivity index (χ0n) is 7.78. The summed E-state index contributed by atoms with van der Waals surface area (Å²) in [6.07, 6.45) is -8.90. The largest absolute Gasteiger partial charge is 0.457 e. The fraction of sp³-hybridized carbons (Fsp3) is 0.250. The lowest BCUT2D eigenvalue weighted by atomic mass is 10.2. The van der Waals surface area contributed by atoms with Crippen molar-refractivity contribution < 1.29 is 43.9 Å². The number of hydrogen-bond acceptors (Lipinski definition) is 0. The molecule has 0 N–H and O–H groups in total. The Morgan fingerprint density at radius 3 is 1.44 bits per heavy atom. The molecule has 0 aliphatic rings. The average Bonchev–Trinajstić information content (AvgIpc) is 2.22. The molecule has 18 heavy (non-hydrogen) atoms. The van der Waals surface area contributed by atoms with Crippen molar-refractivity contribution in [2.24, 2.45) is 0 Å². The molecule has 0 saturated carbocycles. The van der Waals surface area contributed by atoms with Gasteiger partial charge in [0, 0.05) is 5.92 Å². The monoisotopic (exact) mass is 286 g/mol. The molecular formula is C8F10. The Labute approximate surface area is 92.6 Å². The lowest BCUT2D eigenvalue weighted by molar-refractivity contribution is -0.0705. The van der Waals surface area contributed by atoms with Gasteiger partial charge in [0.2, 0.25) is 17.5 Å². The number of hydrogen-bond donors (Lipinski definition) is 0. The van der Waals surface area contributed by atoms with Gasteiger partial charge in [0.25, 0.3) is 0 Å². The summed E-state index contributed by atoms with van der Waals surface area (Å²) in [5, 5.41) is 0. The van der Waals surface area contributed by atoms with Gasteiger partial charge in [-0.15, -0.1) is 0 Å². The Kier molecular flexibility index (Phi) is 4.83. The second-order valence-electron chi connectivity index (χ2n) is 2.52. The van der Waals surface area contributed by atoms with Crippen LogP contribution in [0.2, 0.25) is 0 Å². The van der Waals surface area contributed by atoms with Crippen LogP contribution in [0.15, 0.2) is 23.6 Å². The standard InChI is InChI=1S/C8F10/c9-3(4(10)6(12)13)5(11)7(14,15)1-2-8(16,17)18. The highest BCUT2D eigenvalue weighted by molar-refractivity contribution is 5.32. The minimum atomic E-state index is -5.44. The van der Waals surface area contributed by atoms with Crippen LogP contribution >= 0.6 is 0 Å². The van der Waals surface area contributed by atoms with Crippen molar-refractivity contribution in [3.8, 4) is 11.8 Å². The molecule has 0 aromatic carbocycles. The van der Waals surface area contributed by atoms with Crippen molar-refractivity contribution >= 4 is 0 Å². The molecule has 10 heteroatoms. The first-order valence-electron chi connectivity index (χ1n) is 3.64. The quantitative estimate of drug-likeness (QED) is 0.400. The van der Waals surface area contributed by atoms with E-state index in [0.717, 1.165) is 0 Å². The molecule has 0 atom stereocenters. The molecule has 0 nitrogen and oxygen atoms in total. The molecule has 0 aliphatic heterocycles. The normalized spacial score (nSPS) is 13.4. The van der Waals surface area contributed by atoms with Crippen molar-refractivity contribution in [1.82, 2.24) is 0 Å². The predicted octanol–water partition coefficient (Wildman–Crippen LogP) is 4.42. The van der Waals surface area contributed by atoms with Crippen LogP contribution in [0.1, 0.15) is 0 Å². The fourth-order valence-corrected chi connectivity index (χ4v) is 0.521. The van der Waals surface area contributed by atoms with Gasteiger partial charge >= 0.3 is 18.2 Å². The zero-order chi connectivity index (χ0) is 14.7. The Hall–Kier alpha value is -1.66. The van der Waals surface area contributed by atoms with Gasteiger partial charge in [-0.1, -0.05) is 0 Å². The van der Waals surface area contributed by atoms with E-state index in [2.05, 4.69) is 0 Å². The van der Waals surface area contributed by atoms with Crippen molar-refractivity contribution in [2.45, 2.75) is 12.1 Å². The maximum atomic E-state index is 12.4. The van der Waals surface area contributed by atoms with E-state index < -0.39 is 35.7 Å². The summed E-state index contributed by atoms with van der Waals surface area (Å²) in [6.45, 7) is 0. The van der Waals surface area contributed by atoms with E-state index in [4.69, 9.17) is 0 Å². The number of halogens is 10. The molecular weight excluding hydrogens is 286 g/mol. The van der Waals surface area contributed by atoms with Gasteiger partial charge in [-0.05, 0) is 5.92 Å². The summed E-state index contributed by atoms with van der Waals surface area (Å²) in [7, 11) is 0. The van der Waals surface area contributed by atoms with Crippen molar-refractivity contribution in [3.63, 3.8) is 0 Å². The zero-order valence-corrected chi connectivity index (χ0v) is 7.78. The molecule has 0 rings (SSSR count). The summed E-state index contributed by atoms with van der Waals surface area (Å²) < 4.78 is 119. The molecule has 0 amide bonds. The van der Waals surface area contributed by atoms with E-state index in [9.17, 15) is 43.9 Å². The van der Waals surface area contributed by atoms with Crippen LogP contribution in [0.5, 0.6) is 0 Å². The molecule has 0 heterocycles. The summed E-state index contributed by atoms with van der Waals surface area (Å²) >= 11 is 0. The predicted molar refractivity (Wildman–Crippen MR) is 38.4 cm³/mol. The van der Waals surface area contributed by atoms with Crippen LogP contribution in [0.25, 0.3) is 0 Å². The Morgan fingerprint density at radius 2 is 1.11 bits per heavy atom. The lowest BCUT2D eigenvalue weighted by Crippen LogP contribution is -2.17. The molecule has 0 aliphatic carbocycles. The van der Waals surface area contributed by atoms with Gasteiger partial charge in [0.1, 0.15) is 0 Å².